The SMILES string of the molecule is O=C1C(=Nc2cc3c(s2)c2cc4c(cc2n3C(=O)OCc2ccccc2)c2sc(N=C3C(=O)C5CC6CCCCC6CC5C3=O)cc2n4C(=O)OCc2ccccc2)C(=O)C2CC3CCCCC3CC12. The van der Waals surface area contributed by atoms with Crippen molar-refractivity contribution in [1.29, 1.82) is 0 Å². The second-order valence-electron chi connectivity index (χ2n) is 20.6. The Kier molecular flexibility index (Phi) is 10.7. The van der Waals surface area contributed by atoms with E-state index in [4.69, 9.17) is 19.5 Å². The van der Waals surface area contributed by atoms with E-state index in [1.807, 2.05) is 72.8 Å². The number of aromatic nitrogens is 2. The lowest BCUT2D eigenvalue weighted by atomic mass is 9.64. The third kappa shape index (κ3) is 7.18. The Hall–Kier alpha value is -6.38. The molecule has 4 heterocycles. The Balaban J connectivity index is 0.934. The maximum absolute atomic E-state index is 14.5. The number of thiophene rings is 2. The number of aliphatic imine (C=N–C) groups is 2. The number of rotatable bonds is 6. The van der Waals surface area contributed by atoms with E-state index < -0.39 is 12.2 Å². The minimum atomic E-state index is -0.641. The number of ketones is 4. The average Bonchev–Trinajstić information content (AvgIpc) is 4.21. The molecular formula is C56H50N4O8S2. The van der Waals surface area contributed by atoms with Gasteiger partial charge in [0.2, 0.25) is 0 Å². The van der Waals surface area contributed by atoms with Crippen molar-refractivity contribution in [2.24, 2.45) is 57.3 Å². The van der Waals surface area contributed by atoms with Gasteiger partial charge in [-0.05, 0) is 84.7 Å². The van der Waals surface area contributed by atoms with E-state index in [1.165, 1.54) is 57.5 Å². The molecule has 6 aliphatic rings. The number of carbonyl (C=O) groups excluding carboxylic acids is 6. The summed E-state index contributed by atoms with van der Waals surface area (Å²) in [4.78, 5) is 94.5. The zero-order valence-electron chi connectivity index (χ0n) is 38.5. The van der Waals surface area contributed by atoms with Gasteiger partial charge in [0.1, 0.15) is 23.2 Å². The van der Waals surface area contributed by atoms with Crippen molar-refractivity contribution in [3.8, 4) is 0 Å². The molecule has 0 N–H and O–H groups in total. The molecule has 0 spiro atoms. The molecule has 8 atom stereocenters. The second-order valence-corrected chi connectivity index (χ2v) is 22.7. The monoisotopic (exact) mass is 970 g/mol. The van der Waals surface area contributed by atoms with Gasteiger partial charge in [0.15, 0.2) is 34.6 Å². The van der Waals surface area contributed by atoms with Gasteiger partial charge in [-0.1, -0.05) is 112 Å². The van der Waals surface area contributed by atoms with Crippen LogP contribution in [0.1, 0.15) is 88.2 Å². The number of hydrogen-bond donors (Lipinski definition) is 0. The first-order valence-corrected chi connectivity index (χ1v) is 26.6. The summed E-state index contributed by atoms with van der Waals surface area (Å²) in [5.74, 6) is -0.162. The predicted octanol–water partition coefficient (Wildman–Crippen LogP) is 12.5. The van der Waals surface area contributed by atoms with Crippen molar-refractivity contribution in [3.63, 3.8) is 0 Å². The van der Waals surface area contributed by atoms with Crippen molar-refractivity contribution in [3.05, 3.63) is 96.1 Å². The first-order chi connectivity index (χ1) is 34.2. The summed E-state index contributed by atoms with van der Waals surface area (Å²) in [6.45, 7) is 0.0260. The summed E-state index contributed by atoms with van der Waals surface area (Å²) >= 11 is 2.55. The number of carbonyl (C=O) groups is 6. The molecule has 12 nitrogen and oxygen atoms in total. The highest BCUT2D eigenvalue weighted by Gasteiger charge is 2.53. The third-order valence-electron chi connectivity index (χ3n) is 16.8. The van der Waals surface area contributed by atoms with Gasteiger partial charge < -0.3 is 9.47 Å². The van der Waals surface area contributed by atoms with Crippen LogP contribution in [0.15, 0.2) is 94.9 Å². The minimum absolute atomic E-state index is 0.00474. The Morgan fingerprint density at radius 3 is 1.17 bits per heavy atom. The maximum atomic E-state index is 14.5. The molecule has 8 unspecified atom stereocenters. The number of hydrogen-bond acceptors (Lipinski definition) is 12. The Morgan fingerprint density at radius 1 is 0.486 bits per heavy atom. The molecule has 0 radical (unpaired) electrons. The Morgan fingerprint density at radius 2 is 0.829 bits per heavy atom. The van der Waals surface area contributed by atoms with E-state index in [0.29, 0.717) is 75.9 Å². The lowest BCUT2D eigenvalue weighted by Gasteiger charge is -2.39. The standard InChI is InChI=1S/C56H50N4O8S2/c61-49-35-19-31-15-7-8-16-32(31)20-36(35)50(62)47(49)57-45-25-43-53(69-45)39-24-42-40(23-41(39)59(43)55(65)67-27-29-11-3-1-4-12-29)54-44(60(42)56(66)68-28-30-13-5-2-6-14-30)26-46(70-54)58-48-51(63)37-21-33-17-9-10-18-34(33)22-38(37)52(48)64/h1-6,11-14,23-26,31-38H,7-10,15-22,27-28H2. The van der Waals surface area contributed by atoms with E-state index in [9.17, 15) is 28.8 Å². The molecule has 6 saturated carbocycles. The van der Waals surface area contributed by atoms with Crippen LogP contribution in [0.2, 0.25) is 0 Å². The summed E-state index contributed by atoms with van der Waals surface area (Å²) in [6, 6.07) is 26.0. The first-order valence-electron chi connectivity index (χ1n) is 25.0. The van der Waals surface area contributed by atoms with Crippen molar-refractivity contribution in [1.82, 2.24) is 9.13 Å². The maximum Gasteiger partial charge on any atom is 0.419 e. The molecule has 0 saturated heterocycles. The van der Waals surface area contributed by atoms with Crippen LogP contribution in [-0.2, 0) is 41.9 Å². The van der Waals surface area contributed by atoms with Crippen LogP contribution in [0.4, 0.5) is 19.6 Å². The number of Topliss-reactive ketones (excluding diaryl/α,β-unsaturated/α-hetero) is 4. The van der Waals surface area contributed by atoms with Crippen LogP contribution >= 0.6 is 22.7 Å². The molecule has 6 aliphatic carbocycles. The van der Waals surface area contributed by atoms with Gasteiger partial charge in [-0.25, -0.2) is 28.7 Å². The van der Waals surface area contributed by atoms with E-state index in [-0.39, 0.29) is 71.4 Å². The van der Waals surface area contributed by atoms with Gasteiger partial charge in [0.25, 0.3) is 0 Å². The number of nitrogens with zero attached hydrogens (tertiary/aromatic N) is 4. The molecular weight excluding hydrogens is 921 g/mol. The van der Waals surface area contributed by atoms with Gasteiger partial charge in [0.05, 0.1) is 31.5 Å². The quantitative estimate of drug-likeness (QED) is 0.159. The van der Waals surface area contributed by atoms with Gasteiger partial charge in [-0.3, -0.25) is 19.2 Å². The van der Waals surface area contributed by atoms with Crippen LogP contribution < -0.4 is 0 Å². The van der Waals surface area contributed by atoms with Crippen molar-refractivity contribution < 1.29 is 38.2 Å². The summed E-state index contributed by atoms with van der Waals surface area (Å²) in [5.41, 5.74) is 3.59. The number of ether oxygens (including phenoxy) is 2. The van der Waals surface area contributed by atoms with Gasteiger partial charge in [0, 0.05) is 34.4 Å². The second kappa shape index (κ2) is 17.2. The highest BCUT2D eigenvalue weighted by molar-refractivity contribution is 7.24. The highest BCUT2D eigenvalue weighted by Crippen LogP contribution is 2.51. The lowest BCUT2D eigenvalue weighted by Crippen LogP contribution is -2.35. The Labute approximate surface area is 410 Å². The van der Waals surface area contributed by atoms with E-state index in [1.54, 1.807) is 12.1 Å². The topological polar surface area (TPSA) is 155 Å². The zero-order chi connectivity index (χ0) is 47.4. The van der Waals surface area contributed by atoms with Crippen LogP contribution in [0, 0.1) is 47.3 Å². The predicted molar refractivity (Wildman–Crippen MR) is 270 cm³/mol. The summed E-state index contributed by atoms with van der Waals surface area (Å²) in [5, 5.41) is 2.10. The molecule has 13 rings (SSSR count). The Bertz CT molecular complexity index is 3140. The fourth-order valence-electron chi connectivity index (χ4n) is 13.4. The first kappa shape index (κ1) is 43.6. The third-order valence-corrected chi connectivity index (χ3v) is 18.9. The van der Waals surface area contributed by atoms with Crippen LogP contribution in [-0.4, -0.2) is 55.9 Å². The molecule has 3 aromatic carbocycles. The fourth-order valence-corrected chi connectivity index (χ4v) is 15.5. The number of fused-ring (bicyclic) bond motifs is 10. The molecule has 70 heavy (non-hydrogen) atoms. The summed E-state index contributed by atoms with van der Waals surface area (Å²) in [6.07, 6.45) is 10.8. The van der Waals surface area contributed by atoms with Crippen molar-refractivity contribution in [2.75, 3.05) is 0 Å². The van der Waals surface area contributed by atoms with E-state index in [2.05, 4.69) is 0 Å². The number of benzene rings is 3. The van der Waals surface area contributed by atoms with Crippen LogP contribution in [0.3, 0.4) is 0 Å². The molecule has 354 valence electrons. The summed E-state index contributed by atoms with van der Waals surface area (Å²) < 4.78 is 16.3. The largest absolute Gasteiger partial charge is 0.444 e. The molecule has 6 fully saturated rings. The van der Waals surface area contributed by atoms with E-state index in [0.717, 1.165) is 62.5 Å². The lowest BCUT2D eigenvalue weighted by molar-refractivity contribution is -0.123. The molecule has 0 aliphatic heterocycles. The summed E-state index contributed by atoms with van der Waals surface area (Å²) in [7, 11) is 0. The van der Waals surface area contributed by atoms with Crippen molar-refractivity contribution in [2.45, 2.75) is 90.3 Å². The molecule has 0 amide bonds. The highest BCUT2D eigenvalue weighted by atomic mass is 32.1. The van der Waals surface area contributed by atoms with Gasteiger partial charge >= 0.3 is 12.2 Å². The van der Waals surface area contributed by atoms with Crippen LogP contribution in [0.25, 0.3) is 42.2 Å². The van der Waals surface area contributed by atoms with Gasteiger partial charge in [-0.2, -0.15) is 0 Å². The zero-order valence-corrected chi connectivity index (χ0v) is 40.1. The van der Waals surface area contributed by atoms with Gasteiger partial charge in [-0.15, -0.1) is 22.7 Å². The average molecular weight is 971 g/mol. The molecule has 7 aromatic rings. The normalized spacial score (nSPS) is 26.5. The van der Waals surface area contributed by atoms with Crippen LogP contribution in [0.5, 0.6) is 0 Å². The van der Waals surface area contributed by atoms with E-state index >= 15 is 0 Å². The smallest absolute Gasteiger partial charge is 0.419 e. The molecule has 0 bridgehead atoms. The van der Waals surface area contributed by atoms with Crippen molar-refractivity contribution >= 4 is 122 Å². The minimum Gasteiger partial charge on any atom is -0.444 e. The molecule has 14 heteroatoms. The molecule has 4 aromatic heterocycles. The fraction of sp³-hybridized carbons (Fsp3) is 0.393.